The molecule has 0 saturated carbocycles. The number of fused-ring (bicyclic) bond motifs is 1. The Hall–Kier alpha value is -3.54. The number of hydrogen-bond acceptors (Lipinski definition) is 2. The van der Waals surface area contributed by atoms with E-state index >= 15 is 0 Å². The number of hydrogen-bond donors (Lipinski definition) is 0. The summed E-state index contributed by atoms with van der Waals surface area (Å²) in [5.41, 5.74) is 1.32. The summed E-state index contributed by atoms with van der Waals surface area (Å²) in [5.74, 6) is -3.28. The molecule has 1 heterocycles. The lowest BCUT2D eigenvalue weighted by Gasteiger charge is -2.18. The van der Waals surface area contributed by atoms with Crippen LogP contribution in [0, 0.1) is 17.5 Å². The van der Waals surface area contributed by atoms with Crippen molar-refractivity contribution >= 4 is 10.9 Å². The van der Waals surface area contributed by atoms with Crippen LogP contribution >= 0.6 is 0 Å². The van der Waals surface area contributed by atoms with Crippen molar-refractivity contribution < 1.29 is 17.9 Å². The molecule has 0 aliphatic rings. The molecule has 0 fully saturated rings. The van der Waals surface area contributed by atoms with Crippen LogP contribution in [0.2, 0.25) is 0 Å². The lowest BCUT2D eigenvalue weighted by atomic mass is 9.99. The fourth-order valence-electron chi connectivity index (χ4n) is 3.47. The van der Waals surface area contributed by atoms with Crippen molar-refractivity contribution in [1.29, 1.82) is 0 Å². The number of benzene rings is 3. The van der Waals surface area contributed by atoms with E-state index in [0.717, 1.165) is 17.0 Å². The predicted molar refractivity (Wildman–Crippen MR) is 106 cm³/mol. The van der Waals surface area contributed by atoms with Crippen molar-refractivity contribution in [3.05, 3.63) is 100 Å². The third-order valence-corrected chi connectivity index (χ3v) is 4.82. The van der Waals surface area contributed by atoms with Crippen molar-refractivity contribution in [3.8, 4) is 16.9 Å². The second kappa shape index (κ2) is 7.47. The molecule has 3 aromatic carbocycles. The molecule has 0 saturated heterocycles. The summed E-state index contributed by atoms with van der Waals surface area (Å²) in [6.07, 6.45) is 0. The van der Waals surface area contributed by atoms with Crippen LogP contribution in [-0.4, -0.2) is 11.7 Å². The van der Waals surface area contributed by atoms with Crippen LogP contribution in [0.5, 0.6) is 5.75 Å². The molecule has 0 radical (unpaired) electrons. The van der Waals surface area contributed by atoms with Gasteiger partial charge in [0.15, 0.2) is 17.4 Å². The van der Waals surface area contributed by atoms with Gasteiger partial charge in [0.05, 0.1) is 19.2 Å². The zero-order valence-corrected chi connectivity index (χ0v) is 15.5. The lowest BCUT2D eigenvalue weighted by molar-refractivity contribution is 0.406. The highest BCUT2D eigenvalue weighted by atomic mass is 19.2. The van der Waals surface area contributed by atoms with Gasteiger partial charge in [-0.15, -0.1) is 0 Å². The van der Waals surface area contributed by atoms with Crippen LogP contribution in [0.3, 0.4) is 0 Å². The van der Waals surface area contributed by atoms with Gasteiger partial charge in [-0.05, 0) is 17.7 Å². The van der Waals surface area contributed by atoms with E-state index in [4.69, 9.17) is 4.74 Å². The molecule has 0 aliphatic carbocycles. The van der Waals surface area contributed by atoms with Gasteiger partial charge in [-0.1, -0.05) is 48.5 Å². The SMILES string of the molecule is COc1c(-c2ccccc2)c2ccccc2n(Cc2cc(F)c(F)cc2F)c1=O. The molecule has 0 bridgehead atoms. The average Bonchev–Trinajstić information content (AvgIpc) is 2.73. The van der Waals surface area contributed by atoms with Crippen molar-refractivity contribution in [2.45, 2.75) is 6.54 Å². The zero-order valence-electron chi connectivity index (χ0n) is 15.5. The quantitative estimate of drug-likeness (QED) is 0.448. The summed E-state index contributed by atoms with van der Waals surface area (Å²) < 4.78 is 47.9. The summed E-state index contributed by atoms with van der Waals surface area (Å²) in [5, 5.41) is 0.721. The van der Waals surface area contributed by atoms with Crippen molar-refractivity contribution in [2.24, 2.45) is 0 Å². The number of halogens is 3. The normalized spacial score (nSPS) is 11.0. The molecule has 1 aromatic heterocycles. The standard InChI is InChI=1S/C23H16F3NO2/c1-29-22-21(14-7-3-2-4-8-14)16-9-5-6-10-20(16)27(23(22)28)13-15-11-18(25)19(26)12-17(15)24/h2-12H,13H2,1H3. The number of rotatable bonds is 4. The Morgan fingerprint density at radius 1 is 0.862 bits per heavy atom. The topological polar surface area (TPSA) is 31.2 Å². The van der Waals surface area contributed by atoms with Crippen molar-refractivity contribution in [1.82, 2.24) is 4.57 Å². The third-order valence-electron chi connectivity index (χ3n) is 4.82. The summed E-state index contributed by atoms with van der Waals surface area (Å²) in [6, 6.07) is 17.7. The van der Waals surface area contributed by atoms with Gasteiger partial charge in [-0.25, -0.2) is 13.2 Å². The molecule has 0 unspecified atom stereocenters. The first-order chi connectivity index (χ1) is 14.0. The van der Waals surface area contributed by atoms with E-state index in [2.05, 4.69) is 0 Å². The van der Waals surface area contributed by atoms with Gasteiger partial charge in [-0.2, -0.15) is 0 Å². The van der Waals surface area contributed by atoms with Gasteiger partial charge in [-0.3, -0.25) is 4.79 Å². The first kappa shape index (κ1) is 18.8. The van der Waals surface area contributed by atoms with Crippen molar-refractivity contribution in [2.75, 3.05) is 7.11 Å². The minimum Gasteiger partial charge on any atom is -0.491 e. The van der Waals surface area contributed by atoms with Gasteiger partial charge in [0.2, 0.25) is 0 Å². The highest BCUT2D eigenvalue weighted by Crippen LogP contribution is 2.34. The number of ether oxygens (including phenoxy) is 1. The second-order valence-electron chi connectivity index (χ2n) is 6.54. The maximum Gasteiger partial charge on any atom is 0.294 e. The van der Waals surface area contributed by atoms with Crippen LogP contribution in [0.4, 0.5) is 13.2 Å². The molecule has 6 heteroatoms. The van der Waals surface area contributed by atoms with Crippen LogP contribution in [0.25, 0.3) is 22.0 Å². The summed E-state index contributed by atoms with van der Waals surface area (Å²) >= 11 is 0. The number of pyridine rings is 1. The molecular weight excluding hydrogens is 379 g/mol. The van der Waals surface area contributed by atoms with E-state index in [9.17, 15) is 18.0 Å². The molecule has 0 N–H and O–H groups in total. The van der Waals surface area contributed by atoms with Crippen LogP contribution in [0.1, 0.15) is 5.56 Å². The number of para-hydroxylation sites is 1. The Labute approximate surface area is 164 Å². The Morgan fingerprint density at radius 3 is 2.24 bits per heavy atom. The molecule has 0 amide bonds. The largest absolute Gasteiger partial charge is 0.491 e. The van der Waals surface area contributed by atoms with Gasteiger partial charge in [0.1, 0.15) is 5.82 Å². The first-order valence-electron chi connectivity index (χ1n) is 8.89. The second-order valence-corrected chi connectivity index (χ2v) is 6.54. The summed E-state index contributed by atoms with van der Waals surface area (Å²) in [7, 11) is 1.39. The van der Waals surface area contributed by atoms with E-state index in [1.165, 1.54) is 11.7 Å². The molecule has 29 heavy (non-hydrogen) atoms. The van der Waals surface area contributed by atoms with Gasteiger partial charge < -0.3 is 9.30 Å². The van der Waals surface area contributed by atoms with E-state index in [1.807, 2.05) is 42.5 Å². The third kappa shape index (κ3) is 3.27. The van der Waals surface area contributed by atoms with Gasteiger partial charge in [0, 0.05) is 22.6 Å². The smallest absolute Gasteiger partial charge is 0.294 e. The Morgan fingerprint density at radius 2 is 1.52 bits per heavy atom. The van der Waals surface area contributed by atoms with Crippen LogP contribution < -0.4 is 10.3 Å². The molecule has 0 spiro atoms. The minimum atomic E-state index is -1.28. The summed E-state index contributed by atoms with van der Waals surface area (Å²) in [6.45, 7) is -0.270. The number of nitrogens with zero attached hydrogens (tertiary/aromatic N) is 1. The molecule has 146 valence electrons. The molecule has 0 atom stereocenters. The number of aromatic nitrogens is 1. The van der Waals surface area contributed by atoms with E-state index in [0.29, 0.717) is 17.1 Å². The predicted octanol–water partition coefficient (Wildman–Crippen LogP) is 5.14. The van der Waals surface area contributed by atoms with Crippen molar-refractivity contribution in [3.63, 3.8) is 0 Å². The van der Waals surface area contributed by atoms with Gasteiger partial charge in [0.25, 0.3) is 5.56 Å². The fraction of sp³-hybridized carbons (Fsp3) is 0.0870. The molecule has 0 aliphatic heterocycles. The molecule has 3 nitrogen and oxygen atoms in total. The molecule has 4 rings (SSSR count). The monoisotopic (exact) mass is 395 g/mol. The summed E-state index contributed by atoms with van der Waals surface area (Å²) in [4.78, 5) is 13.2. The molecule has 4 aromatic rings. The maximum absolute atomic E-state index is 14.2. The average molecular weight is 395 g/mol. The highest BCUT2D eigenvalue weighted by molar-refractivity contribution is 5.97. The maximum atomic E-state index is 14.2. The van der Waals surface area contributed by atoms with E-state index in [1.54, 1.807) is 12.1 Å². The van der Waals surface area contributed by atoms with Crippen LogP contribution in [-0.2, 0) is 6.54 Å². The Bertz CT molecular complexity index is 1270. The minimum absolute atomic E-state index is 0.0953. The van der Waals surface area contributed by atoms with Crippen LogP contribution in [0.15, 0.2) is 71.5 Å². The number of methoxy groups -OCH3 is 1. The Balaban J connectivity index is 2.01. The van der Waals surface area contributed by atoms with E-state index < -0.39 is 23.0 Å². The van der Waals surface area contributed by atoms with E-state index in [-0.39, 0.29) is 17.9 Å². The zero-order chi connectivity index (χ0) is 20.5. The highest BCUT2D eigenvalue weighted by Gasteiger charge is 2.20. The Kier molecular flexibility index (Phi) is 4.84. The fourth-order valence-corrected chi connectivity index (χ4v) is 3.47. The first-order valence-corrected chi connectivity index (χ1v) is 8.89. The van der Waals surface area contributed by atoms with Gasteiger partial charge >= 0.3 is 0 Å². The molecular formula is C23H16F3NO2. The lowest BCUT2D eigenvalue weighted by Crippen LogP contribution is -2.24.